The Balaban J connectivity index is 1.78. The van der Waals surface area contributed by atoms with Crippen LogP contribution in [-0.2, 0) is 6.42 Å². The number of carbonyl (C=O) groups excluding carboxylic acids is 1. The lowest BCUT2D eigenvalue weighted by Gasteiger charge is -2.11. The Morgan fingerprint density at radius 2 is 1.92 bits per heavy atom. The molecule has 0 radical (unpaired) electrons. The zero-order valence-electron chi connectivity index (χ0n) is 14.8. The lowest BCUT2D eigenvalue weighted by atomic mass is 10.1. The van der Waals surface area contributed by atoms with Gasteiger partial charge in [-0.2, -0.15) is 0 Å². The third-order valence-electron chi connectivity index (χ3n) is 3.72. The van der Waals surface area contributed by atoms with Gasteiger partial charge in [-0.05, 0) is 57.2 Å². The number of aromatic nitrogens is 1. The van der Waals surface area contributed by atoms with E-state index >= 15 is 0 Å². The number of amides is 1. The van der Waals surface area contributed by atoms with E-state index in [1.165, 1.54) is 12.1 Å². The number of nitrogens with zero attached hydrogens (tertiary/aromatic N) is 2. The molecule has 0 spiro atoms. The maximum Gasteiger partial charge on any atom is 0.252 e. The zero-order chi connectivity index (χ0) is 18.1. The summed E-state index contributed by atoms with van der Waals surface area (Å²) in [6.07, 6.45) is 4.94. The molecule has 2 N–H and O–H groups in total. The van der Waals surface area contributed by atoms with Crippen molar-refractivity contribution in [2.45, 2.75) is 12.8 Å². The van der Waals surface area contributed by atoms with Crippen LogP contribution in [0.2, 0.25) is 0 Å². The number of hydrogen-bond donors (Lipinski definition) is 2. The molecule has 0 fully saturated rings. The Morgan fingerprint density at radius 3 is 2.64 bits per heavy atom. The van der Waals surface area contributed by atoms with Crippen molar-refractivity contribution in [2.75, 3.05) is 39.0 Å². The molecule has 0 aliphatic rings. The van der Waals surface area contributed by atoms with Crippen molar-refractivity contribution in [3.05, 3.63) is 59.7 Å². The molecule has 1 aromatic heterocycles. The molecule has 0 saturated heterocycles. The largest absolute Gasteiger partial charge is 0.384 e. The van der Waals surface area contributed by atoms with Crippen LogP contribution in [0.25, 0.3) is 0 Å². The first-order valence-electron chi connectivity index (χ1n) is 8.41. The predicted octanol–water partition coefficient (Wildman–Crippen LogP) is 2.56. The number of nitrogens with one attached hydrogen (secondary N) is 2. The zero-order valence-corrected chi connectivity index (χ0v) is 14.8. The summed E-state index contributed by atoms with van der Waals surface area (Å²) in [5, 5.41) is 6.14. The number of hydrogen-bond acceptors (Lipinski definition) is 4. The second kappa shape index (κ2) is 9.74. The van der Waals surface area contributed by atoms with Crippen molar-refractivity contribution >= 4 is 11.6 Å². The molecule has 1 amide bonds. The molecular formula is C19H25FN4O. The fourth-order valence-corrected chi connectivity index (χ4v) is 2.36. The van der Waals surface area contributed by atoms with Gasteiger partial charge < -0.3 is 15.5 Å². The van der Waals surface area contributed by atoms with Crippen LogP contribution in [-0.4, -0.2) is 49.5 Å². The summed E-state index contributed by atoms with van der Waals surface area (Å²) < 4.78 is 12.9. The number of halogens is 1. The van der Waals surface area contributed by atoms with Crippen LogP contribution in [0.15, 0.2) is 42.7 Å². The van der Waals surface area contributed by atoms with Crippen LogP contribution in [0.5, 0.6) is 0 Å². The fourth-order valence-electron chi connectivity index (χ4n) is 2.36. The van der Waals surface area contributed by atoms with Crippen LogP contribution in [0, 0.1) is 5.82 Å². The molecule has 0 aliphatic heterocycles. The van der Waals surface area contributed by atoms with E-state index in [0.717, 1.165) is 30.8 Å². The molecule has 25 heavy (non-hydrogen) atoms. The average Bonchev–Trinajstić information content (AvgIpc) is 2.60. The Morgan fingerprint density at radius 1 is 1.16 bits per heavy atom. The van der Waals surface area contributed by atoms with Gasteiger partial charge in [0.2, 0.25) is 0 Å². The highest BCUT2D eigenvalue weighted by Crippen LogP contribution is 2.09. The molecule has 1 heterocycles. The van der Waals surface area contributed by atoms with Crippen molar-refractivity contribution in [1.29, 1.82) is 0 Å². The van der Waals surface area contributed by atoms with E-state index < -0.39 is 0 Å². The first-order chi connectivity index (χ1) is 12.0. The second-order valence-electron chi connectivity index (χ2n) is 6.18. The highest BCUT2D eigenvalue weighted by atomic mass is 19.1. The molecule has 0 atom stereocenters. The van der Waals surface area contributed by atoms with Gasteiger partial charge in [-0.25, -0.2) is 4.39 Å². The Bertz CT molecular complexity index is 673. The number of pyridine rings is 1. The smallest absolute Gasteiger partial charge is 0.252 e. The molecule has 0 bridgehead atoms. The maximum absolute atomic E-state index is 12.9. The van der Waals surface area contributed by atoms with Gasteiger partial charge in [0.05, 0.1) is 11.3 Å². The summed E-state index contributed by atoms with van der Waals surface area (Å²) >= 11 is 0. The number of rotatable bonds is 9. The van der Waals surface area contributed by atoms with E-state index in [1.807, 2.05) is 14.1 Å². The topological polar surface area (TPSA) is 57.3 Å². The summed E-state index contributed by atoms with van der Waals surface area (Å²) in [5.74, 6) is -0.416. The van der Waals surface area contributed by atoms with Gasteiger partial charge in [-0.1, -0.05) is 12.1 Å². The summed E-state index contributed by atoms with van der Waals surface area (Å²) in [6.45, 7) is 2.32. The Kier molecular flexibility index (Phi) is 7.35. The summed E-state index contributed by atoms with van der Waals surface area (Å²) in [6, 6.07) is 8.09. The molecule has 5 nitrogen and oxygen atoms in total. The lowest BCUT2D eigenvalue weighted by Crippen LogP contribution is -2.26. The van der Waals surface area contributed by atoms with Crippen LogP contribution in [0.1, 0.15) is 22.3 Å². The quantitative estimate of drug-likeness (QED) is 0.687. The first kappa shape index (κ1) is 18.9. The van der Waals surface area contributed by atoms with Crippen LogP contribution >= 0.6 is 0 Å². The lowest BCUT2D eigenvalue weighted by molar-refractivity contribution is 0.0954. The number of carbonyl (C=O) groups is 1. The van der Waals surface area contributed by atoms with Gasteiger partial charge in [0, 0.05) is 25.5 Å². The van der Waals surface area contributed by atoms with E-state index in [0.29, 0.717) is 18.5 Å². The van der Waals surface area contributed by atoms with Gasteiger partial charge in [0.1, 0.15) is 5.82 Å². The summed E-state index contributed by atoms with van der Waals surface area (Å²) in [5.41, 5.74) is 2.35. The van der Waals surface area contributed by atoms with Crippen LogP contribution in [0.4, 0.5) is 10.1 Å². The summed E-state index contributed by atoms with van der Waals surface area (Å²) in [7, 11) is 4.08. The highest BCUT2D eigenvalue weighted by molar-refractivity contribution is 5.94. The average molecular weight is 344 g/mol. The van der Waals surface area contributed by atoms with Crippen LogP contribution in [0.3, 0.4) is 0 Å². The third-order valence-corrected chi connectivity index (χ3v) is 3.72. The number of anilines is 1. The Hall–Kier alpha value is -2.47. The highest BCUT2D eigenvalue weighted by Gasteiger charge is 2.06. The monoisotopic (exact) mass is 344 g/mol. The van der Waals surface area contributed by atoms with E-state index in [2.05, 4.69) is 20.5 Å². The van der Waals surface area contributed by atoms with Crippen LogP contribution < -0.4 is 10.6 Å². The fraction of sp³-hybridized carbons (Fsp3) is 0.368. The van der Waals surface area contributed by atoms with E-state index in [-0.39, 0.29) is 11.7 Å². The van der Waals surface area contributed by atoms with Crippen molar-refractivity contribution in [1.82, 2.24) is 15.2 Å². The van der Waals surface area contributed by atoms with Gasteiger partial charge >= 0.3 is 0 Å². The molecule has 0 aliphatic carbocycles. The molecule has 0 unspecified atom stereocenters. The molecule has 1 aromatic carbocycles. The molecule has 6 heteroatoms. The van der Waals surface area contributed by atoms with Crippen molar-refractivity contribution < 1.29 is 9.18 Å². The molecule has 2 rings (SSSR count). The van der Waals surface area contributed by atoms with Gasteiger partial charge in [-0.15, -0.1) is 0 Å². The predicted molar refractivity (Wildman–Crippen MR) is 98.3 cm³/mol. The normalized spacial score (nSPS) is 10.7. The van der Waals surface area contributed by atoms with E-state index in [1.54, 1.807) is 30.6 Å². The molecule has 0 saturated carbocycles. The summed E-state index contributed by atoms with van der Waals surface area (Å²) in [4.78, 5) is 18.5. The first-order valence-corrected chi connectivity index (χ1v) is 8.41. The molecular weight excluding hydrogens is 319 g/mol. The van der Waals surface area contributed by atoms with Crippen molar-refractivity contribution in [3.8, 4) is 0 Å². The van der Waals surface area contributed by atoms with Crippen molar-refractivity contribution in [3.63, 3.8) is 0 Å². The second-order valence-corrected chi connectivity index (χ2v) is 6.18. The minimum absolute atomic E-state index is 0.161. The van der Waals surface area contributed by atoms with Crippen molar-refractivity contribution in [2.24, 2.45) is 0 Å². The van der Waals surface area contributed by atoms with E-state index in [4.69, 9.17) is 0 Å². The minimum atomic E-state index is -0.256. The Labute approximate surface area is 148 Å². The molecule has 2 aromatic rings. The number of benzene rings is 1. The minimum Gasteiger partial charge on any atom is -0.384 e. The standard InChI is InChI=1S/C19H25FN4O/c1-24(2)11-3-9-22-18-12-16(13-21-14-18)19(25)23-10-8-15-4-6-17(20)7-5-15/h4-7,12-14,22H,3,8-11H2,1-2H3,(H,23,25). The van der Waals surface area contributed by atoms with Gasteiger partial charge in [0.15, 0.2) is 0 Å². The SMILES string of the molecule is CN(C)CCCNc1cncc(C(=O)NCCc2ccc(F)cc2)c1. The van der Waals surface area contributed by atoms with Gasteiger partial charge in [-0.3, -0.25) is 9.78 Å². The van der Waals surface area contributed by atoms with Gasteiger partial charge in [0.25, 0.3) is 5.91 Å². The maximum atomic E-state index is 12.9. The third kappa shape index (κ3) is 6.89. The molecule has 134 valence electrons. The van der Waals surface area contributed by atoms with E-state index in [9.17, 15) is 9.18 Å².